The lowest BCUT2D eigenvalue weighted by atomic mass is 10.1. The number of hydrogen-bond acceptors (Lipinski definition) is 5. The summed E-state index contributed by atoms with van der Waals surface area (Å²) >= 11 is 0. The van der Waals surface area contributed by atoms with E-state index in [9.17, 15) is 4.79 Å². The summed E-state index contributed by atoms with van der Waals surface area (Å²) in [7, 11) is 3.83. The maximum Gasteiger partial charge on any atom is 0.233 e. The molecule has 2 heterocycles. The summed E-state index contributed by atoms with van der Waals surface area (Å²) in [5.41, 5.74) is 0. The molecule has 1 amide bonds. The predicted octanol–water partition coefficient (Wildman–Crippen LogP) is 1.32. The third kappa shape index (κ3) is 3.59. The molecule has 1 atom stereocenters. The van der Waals surface area contributed by atoms with Crippen molar-refractivity contribution in [3.63, 3.8) is 0 Å². The van der Waals surface area contributed by atoms with Gasteiger partial charge in [0, 0.05) is 33.1 Å². The second-order valence-corrected chi connectivity index (χ2v) is 5.20. The van der Waals surface area contributed by atoms with Gasteiger partial charge in [-0.3, -0.25) is 4.79 Å². The lowest BCUT2D eigenvalue weighted by Gasteiger charge is -2.32. The molecule has 1 aromatic rings. The number of carbonyl (C=O) groups excluding carboxylic acids is 1. The molecule has 0 bridgehead atoms. The first-order valence-electron chi connectivity index (χ1n) is 7.05. The highest BCUT2D eigenvalue weighted by molar-refractivity contribution is 5.75. The highest BCUT2D eigenvalue weighted by atomic mass is 16.5. The normalized spacial score (nSPS) is 18.8. The SMILES string of the molecule is CCC(=O)N1CCCC(Oc2ccc(N(C)C)nn2)C1. The molecule has 1 aliphatic heterocycles. The van der Waals surface area contributed by atoms with E-state index in [1.54, 1.807) is 0 Å². The molecule has 1 saturated heterocycles. The van der Waals surface area contributed by atoms with Gasteiger partial charge >= 0.3 is 0 Å². The number of ether oxygens (including phenoxy) is 1. The van der Waals surface area contributed by atoms with Crippen molar-refractivity contribution in [3.8, 4) is 5.88 Å². The second-order valence-electron chi connectivity index (χ2n) is 5.20. The number of rotatable bonds is 4. The molecule has 110 valence electrons. The number of likely N-dealkylation sites (tertiary alicyclic amines) is 1. The number of hydrogen-bond donors (Lipinski definition) is 0. The number of nitrogens with zero attached hydrogens (tertiary/aromatic N) is 4. The van der Waals surface area contributed by atoms with E-state index in [0.717, 1.165) is 25.2 Å². The molecule has 0 aliphatic carbocycles. The molecule has 6 nitrogen and oxygen atoms in total. The zero-order chi connectivity index (χ0) is 14.5. The number of anilines is 1. The van der Waals surface area contributed by atoms with Crippen LogP contribution < -0.4 is 9.64 Å². The van der Waals surface area contributed by atoms with Gasteiger partial charge in [0.15, 0.2) is 5.82 Å². The minimum atomic E-state index is 0.0127. The van der Waals surface area contributed by atoms with Crippen molar-refractivity contribution in [2.45, 2.75) is 32.3 Å². The Morgan fingerprint density at radius 1 is 1.45 bits per heavy atom. The molecule has 0 N–H and O–H groups in total. The van der Waals surface area contributed by atoms with E-state index in [2.05, 4.69) is 10.2 Å². The zero-order valence-corrected chi connectivity index (χ0v) is 12.4. The van der Waals surface area contributed by atoms with E-state index >= 15 is 0 Å². The molecule has 1 aromatic heterocycles. The minimum absolute atomic E-state index is 0.0127. The van der Waals surface area contributed by atoms with Crippen LogP contribution in [-0.2, 0) is 4.79 Å². The molecule has 1 fully saturated rings. The Balaban J connectivity index is 1.94. The van der Waals surface area contributed by atoms with Crippen LogP contribution in [0.3, 0.4) is 0 Å². The van der Waals surface area contributed by atoms with Crippen molar-refractivity contribution in [2.24, 2.45) is 0 Å². The van der Waals surface area contributed by atoms with Gasteiger partial charge in [0.1, 0.15) is 6.10 Å². The summed E-state index contributed by atoms with van der Waals surface area (Å²) in [6.07, 6.45) is 2.48. The zero-order valence-electron chi connectivity index (χ0n) is 12.4. The van der Waals surface area contributed by atoms with Crippen LogP contribution >= 0.6 is 0 Å². The molecule has 6 heteroatoms. The fourth-order valence-corrected chi connectivity index (χ4v) is 2.27. The topological polar surface area (TPSA) is 58.6 Å². The molecular formula is C14H22N4O2. The largest absolute Gasteiger partial charge is 0.471 e. The van der Waals surface area contributed by atoms with Gasteiger partial charge in [-0.2, -0.15) is 0 Å². The van der Waals surface area contributed by atoms with Crippen LogP contribution in [0.25, 0.3) is 0 Å². The first-order valence-corrected chi connectivity index (χ1v) is 7.05. The quantitative estimate of drug-likeness (QED) is 0.831. The molecule has 1 aliphatic rings. The summed E-state index contributed by atoms with van der Waals surface area (Å²) < 4.78 is 5.83. The van der Waals surface area contributed by atoms with Crippen LogP contribution in [0.1, 0.15) is 26.2 Å². The maximum absolute atomic E-state index is 11.7. The van der Waals surface area contributed by atoms with Crippen molar-refractivity contribution in [3.05, 3.63) is 12.1 Å². The molecule has 0 aromatic carbocycles. The summed E-state index contributed by atoms with van der Waals surface area (Å²) in [5, 5.41) is 8.15. The fourth-order valence-electron chi connectivity index (χ4n) is 2.27. The molecule has 0 radical (unpaired) electrons. The Morgan fingerprint density at radius 2 is 2.25 bits per heavy atom. The van der Waals surface area contributed by atoms with E-state index in [-0.39, 0.29) is 12.0 Å². The number of aromatic nitrogens is 2. The van der Waals surface area contributed by atoms with Gasteiger partial charge in [0.05, 0.1) is 6.54 Å². The predicted molar refractivity (Wildman–Crippen MR) is 76.9 cm³/mol. The monoisotopic (exact) mass is 278 g/mol. The van der Waals surface area contributed by atoms with Gasteiger partial charge in [0.25, 0.3) is 0 Å². The standard InChI is InChI=1S/C14H22N4O2/c1-4-14(19)18-9-5-6-11(10-18)20-13-8-7-12(15-16-13)17(2)3/h7-8,11H,4-6,9-10H2,1-3H3. The van der Waals surface area contributed by atoms with Gasteiger partial charge in [-0.25, -0.2) is 0 Å². The van der Waals surface area contributed by atoms with Gasteiger partial charge in [-0.1, -0.05) is 6.92 Å². The maximum atomic E-state index is 11.7. The number of amides is 1. The first-order chi connectivity index (χ1) is 9.60. The van der Waals surface area contributed by atoms with Crippen molar-refractivity contribution >= 4 is 11.7 Å². The van der Waals surface area contributed by atoms with Crippen molar-refractivity contribution in [2.75, 3.05) is 32.1 Å². The molecular weight excluding hydrogens is 256 g/mol. The van der Waals surface area contributed by atoms with E-state index in [1.807, 2.05) is 43.0 Å². The van der Waals surface area contributed by atoms with Crippen LogP contribution in [-0.4, -0.2) is 54.3 Å². The number of piperidine rings is 1. The average Bonchev–Trinajstić information content (AvgIpc) is 2.47. The Hall–Kier alpha value is -1.85. The van der Waals surface area contributed by atoms with Crippen molar-refractivity contribution in [1.29, 1.82) is 0 Å². The van der Waals surface area contributed by atoms with E-state index in [4.69, 9.17) is 4.74 Å². The Bertz CT molecular complexity index is 447. The van der Waals surface area contributed by atoms with Crippen LogP contribution in [0.4, 0.5) is 5.82 Å². The van der Waals surface area contributed by atoms with Crippen molar-refractivity contribution < 1.29 is 9.53 Å². The highest BCUT2D eigenvalue weighted by Gasteiger charge is 2.24. The summed E-state index contributed by atoms with van der Waals surface area (Å²) in [6, 6.07) is 3.70. The van der Waals surface area contributed by atoms with Gasteiger partial charge in [-0.05, 0) is 18.9 Å². The van der Waals surface area contributed by atoms with Crippen LogP contribution in [0.15, 0.2) is 12.1 Å². The van der Waals surface area contributed by atoms with E-state index < -0.39 is 0 Å². The summed E-state index contributed by atoms with van der Waals surface area (Å²) in [5.74, 6) is 1.50. The lowest BCUT2D eigenvalue weighted by Crippen LogP contribution is -2.44. The number of carbonyl (C=O) groups is 1. The molecule has 20 heavy (non-hydrogen) atoms. The average molecular weight is 278 g/mol. The third-order valence-electron chi connectivity index (χ3n) is 3.40. The van der Waals surface area contributed by atoms with Gasteiger partial charge < -0.3 is 14.5 Å². The molecule has 0 saturated carbocycles. The van der Waals surface area contributed by atoms with Crippen molar-refractivity contribution in [1.82, 2.24) is 15.1 Å². The van der Waals surface area contributed by atoms with E-state index in [0.29, 0.717) is 18.8 Å². The van der Waals surface area contributed by atoms with Crippen LogP contribution in [0.2, 0.25) is 0 Å². The fraction of sp³-hybridized carbons (Fsp3) is 0.643. The third-order valence-corrected chi connectivity index (χ3v) is 3.40. The minimum Gasteiger partial charge on any atom is -0.471 e. The lowest BCUT2D eigenvalue weighted by molar-refractivity contribution is -0.133. The smallest absolute Gasteiger partial charge is 0.233 e. The highest BCUT2D eigenvalue weighted by Crippen LogP contribution is 2.18. The Kier molecular flexibility index (Phi) is 4.76. The molecule has 2 rings (SSSR count). The molecule has 1 unspecified atom stereocenters. The second kappa shape index (κ2) is 6.54. The molecule has 0 spiro atoms. The van der Waals surface area contributed by atoms with E-state index in [1.165, 1.54) is 0 Å². The Labute approximate surface area is 119 Å². The summed E-state index contributed by atoms with van der Waals surface area (Å²) in [6.45, 7) is 3.36. The Morgan fingerprint density at radius 3 is 2.85 bits per heavy atom. The van der Waals surface area contributed by atoms with Crippen LogP contribution in [0, 0.1) is 0 Å². The van der Waals surface area contributed by atoms with Crippen LogP contribution in [0.5, 0.6) is 5.88 Å². The van der Waals surface area contributed by atoms with Gasteiger partial charge in [0.2, 0.25) is 11.8 Å². The summed E-state index contributed by atoms with van der Waals surface area (Å²) in [4.78, 5) is 15.5. The van der Waals surface area contributed by atoms with Gasteiger partial charge in [-0.15, -0.1) is 10.2 Å². The first kappa shape index (κ1) is 14.6.